The van der Waals surface area contributed by atoms with Gasteiger partial charge in [0.25, 0.3) is 0 Å². The average molecular weight is 246 g/mol. The number of likely N-dealkylation sites (tertiary alicyclic amines) is 1. The summed E-state index contributed by atoms with van der Waals surface area (Å²) in [5.41, 5.74) is 1.04. The molecule has 4 nitrogen and oxygen atoms in total. The van der Waals surface area contributed by atoms with E-state index in [4.69, 9.17) is 5.11 Å². The first-order chi connectivity index (χ1) is 8.74. The predicted molar refractivity (Wildman–Crippen MR) is 67.3 cm³/mol. The van der Waals surface area contributed by atoms with Crippen molar-refractivity contribution in [3.63, 3.8) is 0 Å². The Bertz CT molecular complexity index is 449. The van der Waals surface area contributed by atoms with E-state index in [1.54, 1.807) is 6.20 Å². The zero-order chi connectivity index (χ0) is 12.5. The zero-order valence-electron chi connectivity index (χ0n) is 10.4. The molecule has 0 aromatic carbocycles. The number of carbonyl (C=O) groups is 1. The van der Waals surface area contributed by atoms with Gasteiger partial charge < -0.3 is 5.11 Å². The van der Waals surface area contributed by atoms with Crippen LogP contribution in [0.15, 0.2) is 18.3 Å². The van der Waals surface area contributed by atoms with Gasteiger partial charge in [-0.15, -0.1) is 0 Å². The number of hydrogen-bond acceptors (Lipinski definition) is 3. The Hall–Kier alpha value is -1.42. The number of aromatic nitrogens is 1. The van der Waals surface area contributed by atoms with E-state index in [2.05, 4.69) is 9.88 Å². The lowest BCUT2D eigenvalue weighted by Gasteiger charge is -2.17. The molecule has 1 aromatic rings. The van der Waals surface area contributed by atoms with Gasteiger partial charge >= 0.3 is 5.97 Å². The quantitative estimate of drug-likeness (QED) is 0.886. The highest BCUT2D eigenvalue weighted by molar-refractivity contribution is 5.86. The van der Waals surface area contributed by atoms with Crippen LogP contribution in [0.5, 0.6) is 0 Å². The van der Waals surface area contributed by atoms with Crippen LogP contribution in [0.1, 0.15) is 35.3 Å². The van der Waals surface area contributed by atoms with Crippen molar-refractivity contribution >= 4 is 5.97 Å². The Morgan fingerprint density at radius 3 is 2.78 bits per heavy atom. The van der Waals surface area contributed by atoms with Crippen LogP contribution in [-0.2, 0) is 6.54 Å². The molecule has 0 bridgehead atoms. The zero-order valence-corrected chi connectivity index (χ0v) is 10.4. The smallest absolute Gasteiger partial charge is 0.354 e. The van der Waals surface area contributed by atoms with Crippen molar-refractivity contribution in [3.8, 4) is 0 Å². The number of carboxylic acid groups (broad SMARTS) is 1. The molecule has 1 saturated carbocycles. The van der Waals surface area contributed by atoms with Crippen LogP contribution in [0, 0.1) is 11.8 Å². The molecule has 2 atom stereocenters. The number of aromatic carboxylic acids is 1. The number of pyridine rings is 1. The van der Waals surface area contributed by atoms with Crippen molar-refractivity contribution in [2.75, 3.05) is 13.1 Å². The van der Waals surface area contributed by atoms with E-state index >= 15 is 0 Å². The standard InChI is InChI=1S/C14H18N2O2/c17-14(18)13-12(5-2-6-15-13)9-16-7-10-3-1-4-11(10)8-16/h2,5-6,10-11H,1,3-4,7-9H2,(H,17,18). The molecule has 1 aliphatic carbocycles. The van der Waals surface area contributed by atoms with Crippen molar-refractivity contribution in [2.24, 2.45) is 11.8 Å². The summed E-state index contributed by atoms with van der Waals surface area (Å²) in [6.45, 7) is 2.97. The maximum absolute atomic E-state index is 11.1. The molecule has 0 radical (unpaired) electrons. The third-order valence-electron chi connectivity index (χ3n) is 4.29. The van der Waals surface area contributed by atoms with E-state index in [1.807, 2.05) is 12.1 Å². The van der Waals surface area contributed by atoms with Crippen LogP contribution in [0.2, 0.25) is 0 Å². The third kappa shape index (κ3) is 2.12. The highest BCUT2D eigenvalue weighted by atomic mass is 16.4. The predicted octanol–water partition coefficient (Wildman–Crippen LogP) is 2.01. The Labute approximate surface area is 107 Å². The molecule has 0 spiro atoms. The van der Waals surface area contributed by atoms with Gasteiger partial charge in [-0.3, -0.25) is 4.90 Å². The fourth-order valence-corrected chi connectivity index (χ4v) is 3.46. The van der Waals surface area contributed by atoms with E-state index in [-0.39, 0.29) is 5.69 Å². The SMILES string of the molecule is O=C(O)c1ncccc1CN1CC2CCCC2C1. The largest absolute Gasteiger partial charge is 0.477 e. The first kappa shape index (κ1) is 11.7. The number of fused-ring (bicyclic) bond motifs is 1. The molecule has 2 heterocycles. The lowest BCUT2D eigenvalue weighted by atomic mass is 10.0. The second-order valence-corrected chi connectivity index (χ2v) is 5.46. The first-order valence-electron chi connectivity index (χ1n) is 6.63. The van der Waals surface area contributed by atoms with Gasteiger partial charge in [0.05, 0.1) is 0 Å². The lowest BCUT2D eigenvalue weighted by molar-refractivity contribution is 0.0688. The van der Waals surface area contributed by atoms with Gasteiger partial charge in [-0.2, -0.15) is 0 Å². The molecule has 1 aliphatic heterocycles. The molecule has 4 heteroatoms. The summed E-state index contributed by atoms with van der Waals surface area (Å²) in [7, 11) is 0. The Kier molecular flexibility index (Phi) is 3.04. The van der Waals surface area contributed by atoms with Crippen LogP contribution < -0.4 is 0 Å². The van der Waals surface area contributed by atoms with Gasteiger partial charge in [0, 0.05) is 25.8 Å². The molecule has 1 N–H and O–H groups in total. The van der Waals surface area contributed by atoms with Crippen molar-refractivity contribution < 1.29 is 9.90 Å². The average Bonchev–Trinajstić information content (AvgIpc) is 2.90. The van der Waals surface area contributed by atoms with Crippen LogP contribution in [-0.4, -0.2) is 34.0 Å². The fraction of sp³-hybridized carbons (Fsp3) is 0.571. The Balaban J connectivity index is 1.72. The fourth-order valence-electron chi connectivity index (χ4n) is 3.46. The first-order valence-corrected chi connectivity index (χ1v) is 6.63. The van der Waals surface area contributed by atoms with Crippen molar-refractivity contribution in [2.45, 2.75) is 25.8 Å². The Morgan fingerprint density at radius 1 is 1.39 bits per heavy atom. The normalized spacial score (nSPS) is 27.3. The Morgan fingerprint density at radius 2 is 2.11 bits per heavy atom. The molecule has 1 aromatic heterocycles. The van der Waals surface area contributed by atoms with Crippen LogP contribution in [0.25, 0.3) is 0 Å². The van der Waals surface area contributed by atoms with Crippen molar-refractivity contribution in [1.29, 1.82) is 0 Å². The summed E-state index contributed by atoms with van der Waals surface area (Å²) < 4.78 is 0. The third-order valence-corrected chi connectivity index (χ3v) is 4.29. The number of hydrogen-bond donors (Lipinski definition) is 1. The van der Waals surface area contributed by atoms with Gasteiger partial charge in [-0.05, 0) is 36.3 Å². The molecule has 2 unspecified atom stereocenters. The second kappa shape index (κ2) is 4.69. The molecule has 2 aliphatic rings. The minimum Gasteiger partial charge on any atom is -0.477 e. The molecule has 18 heavy (non-hydrogen) atoms. The monoisotopic (exact) mass is 246 g/mol. The number of rotatable bonds is 3. The number of carboxylic acids is 1. The molecule has 2 fully saturated rings. The molecular weight excluding hydrogens is 228 g/mol. The van der Waals surface area contributed by atoms with E-state index in [0.717, 1.165) is 37.0 Å². The van der Waals surface area contributed by atoms with Crippen LogP contribution >= 0.6 is 0 Å². The van der Waals surface area contributed by atoms with Crippen LogP contribution in [0.4, 0.5) is 0 Å². The van der Waals surface area contributed by atoms with E-state index < -0.39 is 5.97 Å². The van der Waals surface area contributed by atoms with Crippen molar-refractivity contribution in [3.05, 3.63) is 29.6 Å². The van der Waals surface area contributed by atoms with E-state index in [1.165, 1.54) is 19.3 Å². The van der Waals surface area contributed by atoms with Gasteiger partial charge in [-0.25, -0.2) is 9.78 Å². The summed E-state index contributed by atoms with van der Waals surface area (Å²) in [4.78, 5) is 17.5. The van der Waals surface area contributed by atoms with Gasteiger partial charge in [0.2, 0.25) is 0 Å². The van der Waals surface area contributed by atoms with E-state index in [0.29, 0.717) is 0 Å². The minimum absolute atomic E-state index is 0.203. The van der Waals surface area contributed by atoms with Crippen LogP contribution in [0.3, 0.4) is 0 Å². The molecule has 96 valence electrons. The molecule has 3 rings (SSSR count). The highest BCUT2D eigenvalue weighted by Gasteiger charge is 2.36. The number of nitrogens with zero attached hydrogens (tertiary/aromatic N) is 2. The summed E-state index contributed by atoms with van der Waals surface area (Å²) in [5.74, 6) is 0.759. The summed E-state index contributed by atoms with van der Waals surface area (Å²) in [6, 6.07) is 3.70. The van der Waals surface area contributed by atoms with Gasteiger partial charge in [0.15, 0.2) is 5.69 Å². The highest BCUT2D eigenvalue weighted by Crippen LogP contribution is 2.38. The molecule has 0 amide bonds. The van der Waals surface area contributed by atoms with E-state index in [9.17, 15) is 4.79 Å². The minimum atomic E-state index is -0.926. The molecule has 1 saturated heterocycles. The second-order valence-electron chi connectivity index (χ2n) is 5.46. The summed E-state index contributed by atoms with van der Waals surface area (Å²) in [6.07, 6.45) is 5.61. The maximum atomic E-state index is 11.1. The maximum Gasteiger partial charge on any atom is 0.354 e. The van der Waals surface area contributed by atoms with Crippen molar-refractivity contribution in [1.82, 2.24) is 9.88 Å². The van der Waals surface area contributed by atoms with Gasteiger partial charge in [-0.1, -0.05) is 12.5 Å². The topological polar surface area (TPSA) is 53.4 Å². The summed E-state index contributed by atoms with van der Waals surface area (Å²) in [5, 5.41) is 9.12. The lowest BCUT2D eigenvalue weighted by Crippen LogP contribution is -2.22. The summed E-state index contributed by atoms with van der Waals surface area (Å²) >= 11 is 0. The molecular formula is C14H18N2O2. The van der Waals surface area contributed by atoms with Gasteiger partial charge in [0.1, 0.15) is 0 Å².